The zero-order chi connectivity index (χ0) is 7.28. The molecule has 0 saturated heterocycles. The molecule has 0 spiro atoms. The fourth-order valence-electron chi connectivity index (χ4n) is 0.448. The van der Waals surface area contributed by atoms with E-state index in [-0.39, 0.29) is 39.3 Å². The van der Waals surface area contributed by atoms with E-state index in [0.717, 1.165) is 0 Å². The maximum absolute atomic E-state index is 8.95. The van der Waals surface area contributed by atoms with Crippen molar-refractivity contribution < 1.29 is 42.9 Å². The Morgan fingerprint density at radius 1 is 1.60 bits per heavy atom. The molecule has 0 aliphatic rings. The summed E-state index contributed by atoms with van der Waals surface area (Å²) in [6.07, 6.45) is 2.51. The SMILES string of the molecule is C/C=C/C(O)C(N)CO.[Y]. The van der Waals surface area contributed by atoms with Crippen LogP contribution in [0.5, 0.6) is 0 Å². The Balaban J connectivity index is 0. The maximum atomic E-state index is 8.95. The van der Waals surface area contributed by atoms with Gasteiger partial charge in [0.25, 0.3) is 0 Å². The van der Waals surface area contributed by atoms with Gasteiger partial charge >= 0.3 is 0 Å². The predicted octanol–water partition coefficient (Wildman–Crippen LogP) is -0.759. The largest absolute Gasteiger partial charge is 0.395 e. The summed E-state index contributed by atoms with van der Waals surface area (Å²) in [5, 5.41) is 17.4. The molecule has 10 heavy (non-hydrogen) atoms. The summed E-state index contributed by atoms with van der Waals surface area (Å²) in [6, 6.07) is -0.554. The van der Waals surface area contributed by atoms with Gasteiger partial charge in [0.15, 0.2) is 0 Å². The molecule has 0 saturated carbocycles. The fraction of sp³-hybridized carbons (Fsp3) is 0.667. The van der Waals surface area contributed by atoms with E-state index in [2.05, 4.69) is 0 Å². The molecule has 0 aromatic rings. The van der Waals surface area contributed by atoms with Crippen LogP contribution in [0.25, 0.3) is 0 Å². The second kappa shape index (κ2) is 7.83. The van der Waals surface area contributed by atoms with Gasteiger partial charge in [-0.15, -0.1) is 0 Å². The van der Waals surface area contributed by atoms with Crippen molar-refractivity contribution in [1.82, 2.24) is 0 Å². The molecule has 0 aliphatic heterocycles. The van der Waals surface area contributed by atoms with Gasteiger partial charge in [-0.25, -0.2) is 0 Å². The Kier molecular flexibility index (Phi) is 10.4. The first-order valence-corrected chi connectivity index (χ1v) is 2.89. The maximum Gasteiger partial charge on any atom is 0.0894 e. The van der Waals surface area contributed by atoms with Gasteiger partial charge in [-0.1, -0.05) is 12.2 Å². The molecule has 1 radical (unpaired) electrons. The molecule has 0 bridgehead atoms. The van der Waals surface area contributed by atoms with Crippen LogP contribution in [0, 0.1) is 0 Å². The number of nitrogens with two attached hydrogens (primary N) is 1. The topological polar surface area (TPSA) is 66.5 Å². The molecule has 4 N–H and O–H groups in total. The number of aliphatic hydroxyl groups is 2. The van der Waals surface area contributed by atoms with Crippen molar-refractivity contribution in [3.05, 3.63) is 12.2 Å². The van der Waals surface area contributed by atoms with E-state index < -0.39 is 12.1 Å². The molecule has 0 aromatic heterocycles. The van der Waals surface area contributed by atoms with Crippen LogP contribution in [0.15, 0.2) is 12.2 Å². The Labute approximate surface area is 86.2 Å². The number of aliphatic hydroxyl groups excluding tert-OH is 2. The van der Waals surface area contributed by atoms with Crippen molar-refractivity contribution in [3.8, 4) is 0 Å². The minimum absolute atomic E-state index is 0. The zero-order valence-electron chi connectivity index (χ0n) is 6.07. The zero-order valence-corrected chi connectivity index (χ0v) is 8.90. The Morgan fingerprint density at radius 3 is 2.40 bits per heavy atom. The summed E-state index contributed by atoms with van der Waals surface area (Å²) in [7, 11) is 0. The van der Waals surface area contributed by atoms with Crippen LogP contribution in [-0.4, -0.2) is 29.0 Å². The summed E-state index contributed by atoms with van der Waals surface area (Å²) in [6.45, 7) is 1.60. The number of hydrogen-bond donors (Lipinski definition) is 3. The monoisotopic (exact) mass is 220 g/mol. The molecule has 2 atom stereocenters. The van der Waals surface area contributed by atoms with Crippen LogP contribution in [0.3, 0.4) is 0 Å². The molecule has 0 aliphatic carbocycles. The molecule has 0 aromatic carbocycles. The van der Waals surface area contributed by atoms with E-state index in [1.165, 1.54) is 0 Å². The smallest absolute Gasteiger partial charge is 0.0894 e. The Bertz CT molecular complexity index is 97.7. The third-order valence-corrected chi connectivity index (χ3v) is 1.04. The second-order valence-corrected chi connectivity index (χ2v) is 1.86. The molecular formula is C6H13NO2Y. The fourth-order valence-corrected chi connectivity index (χ4v) is 0.448. The van der Waals surface area contributed by atoms with E-state index in [1.807, 2.05) is 0 Å². The van der Waals surface area contributed by atoms with Gasteiger partial charge in [0.2, 0.25) is 0 Å². The number of rotatable bonds is 3. The number of hydrogen-bond acceptors (Lipinski definition) is 3. The van der Waals surface area contributed by atoms with Crippen LogP contribution in [0.1, 0.15) is 6.92 Å². The summed E-state index contributed by atoms with van der Waals surface area (Å²) in [4.78, 5) is 0. The van der Waals surface area contributed by atoms with Crippen LogP contribution in [0.2, 0.25) is 0 Å². The molecular weight excluding hydrogens is 207 g/mol. The quantitative estimate of drug-likeness (QED) is 0.548. The molecule has 3 nitrogen and oxygen atoms in total. The first-order chi connectivity index (χ1) is 4.22. The van der Waals surface area contributed by atoms with Crippen molar-refractivity contribution in [2.75, 3.05) is 6.61 Å². The van der Waals surface area contributed by atoms with Crippen molar-refractivity contribution in [2.24, 2.45) is 5.73 Å². The molecule has 0 rings (SSSR count). The van der Waals surface area contributed by atoms with E-state index in [4.69, 9.17) is 15.9 Å². The predicted molar refractivity (Wildman–Crippen MR) is 35.9 cm³/mol. The Hall–Kier alpha value is 0.724. The van der Waals surface area contributed by atoms with E-state index in [1.54, 1.807) is 19.1 Å². The van der Waals surface area contributed by atoms with Crippen molar-refractivity contribution in [2.45, 2.75) is 19.1 Å². The standard InChI is InChI=1S/C6H13NO2.Y/c1-2-3-6(9)5(7)4-8;/h2-3,5-6,8-9H,4,7H2,1H3;/b3-2+;. The van der Waals surface area contributed by atoms with Gasteiger partial charge in [0.05, 0.1) is 18.8 Å². The normalized spacial score (nSPS) is 16.4. The van der Waals surface area contributed by atoms with Crippen LogP contribution < -0.4 is 5.73 Å². The third-order valence-electron chi connectivity index (χ3n) is 1.04. The Morgan fingerprint density at radius 2 is 2.10 bits per heavy atom. The molecule has 2 unspecified atom stereocenters. The summed E-state index contributed by atoms with van der Waals surface area (Å²) in [5.41, 5.74) is 5.25. The minimum atomic E-state index is -0.722. The van der Waals surface area contributed by atoms with E-state index in [9.17, 15) is 0 Å². The first kappa shape index (κ1) is 13.3. The van der Waals surface area contributed by atoms with Gasteiger partial charge < -0.3 is 15.9 Å². The van der Waals surface area contributed by atoms with Gasteiger partial charge in [0.1, 0.15) is 0 Å². The molecule has 0 fully saturated rings. The van der Waals surface area contributed by atoms with Gasteiger partial charge in [0, 0.05) is 32.7 Å². The van der Waals surface area contributed by atoms with Crippen molar-refractivity contribution in [1.29, 1.82) is 0 Å². The van der Waals surface area contributed by atoms with Crippen molar-refractivity contribution >= 4 is 0 Å². The second-order valence-electron chi connectivity index (χ2n) is 1.86. The summed E-state index contributed by atoms with van der Waals surface area (Å²) in [5.74, 6) is 0. The van der Waals surface area contributed by atoms with E-state index >= 15 is 0 Å². The number of allylic oxidation sites excluding steroid dienone is 1. The van der Waals surface area contributed by atoms with Crippen molar-refractivity contribution in [3.63, 3.8) is 0 Å². The average molecular weight is 220 g/mol. The summed E-state index contributed by atoms with van der Waals surface area (Å²) >= 11 is 0. The molecule has 0 heterocycles. The molecule has 4 heteroatoms. The average Bonchev–Trinajstić information content (AvgIpc) is 1.87. The van der Waals surface area contributed by atoms with Gasteiger partial charge in [-0.3, -0.25) is 0 Å². The van der Waals surface area contributed by atoms with Gasteiger partial charge in [-0.2, -0.15) is 0 Å². The minimum Gasteiger partial charge on any atom is -0.395 e. The van der Waals surface area contributed by atoms with Crippen LogP contribution in [0.4, 0.5) is 0 Å². The third kappa shape index (κ3) is 5.50. The first-order valence-electron chi connectivity index (χ1n) is 2.89. The van der Waals surface area contributed by atoms with E-state index in [0.29, 0.717) is 0 Å². The molecule has 0 amide bonds. The molecule has 57 valence electrons. The summed E-state index contributed by atoms with van der Waals surface area (Å²) < 4.78 is 0. The van der Waals surface area contributed by atoms with Crippen LogP contribution >= 0.6 is 0 Å². The van der Waals surface area contributed by atoms with Crippen LogP contribution in [-0.2, 0) is 32.7 Å². The van der Waals surface area contributed by atoms with Gasteiger partial charge in [-0.05, 0) is 6.92 Å².